The molecule has 1 N–H and O–H groups in total. The van der Waals surface area contributed by atoms with E-state index in [0.29, 0.717) is 19.7 Å². The lowest BCUT2D eigenvalue weighted by molar-refractivity contribution is -0.116. The van der Waals surface area contributed by atoms with Gasteiger partial charge in [-0.3, -0.25) is 4.79 Å². The number of benzene rings is 3. The molecule has 0 atom stereocenters. The quantitative estimate of drug-likeness (QED) is 0.218. The number of nitrogens with zero attached hydrogens (tertiary/aromatic N) is 2. The van der Waals surface area contributed by atoms with E-state index in [1.54, 1.807) is 6.08 Å². The Morgan fingerprint density at radius 2 is 1.69 bits per heavy atom. The van der Waals surface area contributed by atoms with Gasteiger partial charge in [0.25, 0.3) is 0 Å². The van der Waals surface area contributed by atoms with Crippen molar-refractivity contribution < 1.29 is 9.53 Å². The Kier molecular flexibility index (Phi) is 8.21. The van der Waals surface area contributed by atoms with Crippen LogP contribution in [0.25, 0.3) is 17.1 Å². The van der Waals surface area contributed by atoms with Gasteiger partial charge in [-0.15, -0.1) is 0 Å². The molecule has 4 aromatic rings. The number of imidazole rings is 1. The Hall–Kier alpha value is -3.86. The molecule has 4 rings (SSSR count). The molecular formula is C31H35N3O2. The zero-order valence-corrected chi connectivity index (χ0v) is 21.4. The van der Waals surface area contributed by atoms with Gasteiger partial charge in [-0.05, 0) is 53.3 Å². The summed E-state index contributed by atoms with van der Waals surface area (Å²) >= 11 is 0. The fraction of sp³-hybridized carbons (Fsp3) is 0.290. The molecule has 36 heavy (non-hydrogen) atoms. The molecule has 1 aromatic heterocycles. The van der Waals surface area contributed by atoms with Crippen LogP contribution in [-0.2, 0) is 23.2 Å². The SMILES string of the molecule is CC(C)(C)c1ccc(OCCn2c(CCCNC(=O)/C=C/c3ccccc3)nc3ccccc32)cc1. The van der Waals surface area contributed by atoms with Gasteiger partial charge in [0.1, 0.15) is 18.2 Å². The van der Waals surface area contributed by atoms with Crippen LogP contribution < -0.4 is 10.1 Å². The Morgan fingerprint density at radius 1 is 0.972 bits per heavy atom. The number of aromatic nitrogens is 2. The summed E-state index contributed by atoms with van der Waals surface area (Å²) in [5.74, 6) is 1.80. The standard InChI is InChI=1S/C31H35N3O2/c1-31(2,3)25-16-18-26(19-17-25)36-23-22-34-28-13-8-7-12-27(28)33-29(34)14-9-21-32-30(35)20-15-24-10-5-4-6-11-24/h4-8,10-13,15-20H,9,14,21-23H2,1-3H3,(H,32,35)/b20-15+. The predicted molar refractivity (Wildman–Crippen MR) is 147 cm³/mol. The van der Waals surface area contributed by atoms with Gasteiger partial charge < -0.3 is 14.6 Å². The number of hydrogen-bond acceptors (Lipinski definition) is 3. The molecule has 1 amide bonds. The number of fused-ring (bicyclic) bond motifs is 1. The van der Waals surface area contributed by atoms with Gasteiger partial charge in [0, 0.05) is 19.0 Å². The Labute approximate surface area is 213 Å². The number of rotatable bonds is 10. The third-order valence-electron chi connectivity index (χ3n) is 6.14. The summed E-state index contributed by atoms with van der Waals surface area (Å²) in [6.07, 6.45) is 4.99. The van der Waals surface area contributed by atoms with E-state index in [-0.39, 0.29) is 11.3 Å². The lowest BCUT2D eigenvalue weighted by atomic mass is 9.87. The molecule has 186 valence electrons. The topological polar surface area (TPSA) is 56.1 Å². The van der Waals surface area contributed by atoms with Crippen molar-refractivity contribution in [3.63, 3.8) is 0 Å². The molecule has 0 spiro atoms. The zero-order valence-electron chi connectivity index (χ0n) is 21.4. The highest BCUT2D eigenvalue weighted by molar-refractivity contribution is 5.91. The smallest absolute Gasteiger partial charge is 0.243 e. The largest absolute Gasteiger partial charge is 0.492 e. The van der Waals surface area contributed by atoms with Crippen LogP contribution in [0, 0.1) is 0 Å². The first-order valence-corrected chi connectivity index (χ1v) is 12.6. The minimum atomic E-state index is -0.0850. The van der Waals surface area contributed by atoms with Gasteiger partial charge in [-0.2, -0.15) is 0 Å². The van der Waals surface area contributed by atoms with E-state index >= 15 is 0 Å². The van der Waals surface area contributed by atoms with Crippen LogP contribution in [-0.4, -0.2) is 28.6 Å². The molecule has 0 unspecified atom stereocenters. The van der Waals surface area contributed by atoms with Crippen molar-refractivity contribution in [2.75, 3.05) is 13.2 Å². The number of hydrogen-bond donors (Lipinski definition) is 1. The fourth-order valence-corrected chi connectivity index (χ4v) is 4.12. The highest BCUT2D eigenvalue weighted by Gasteiger charge is 2.13. The Morgan fingerprint density at radius 3 is 2.44 bits per heavy atom. The maximum atomic E-state index is 12.2. The van der Waals surface area contributed by atoms with Crippen molar-refractivity contribution in [1.82, 2.24) is 14.9 Å². The van der Waals surface area contributed by atoms with Crippen molar-refractivity contribution in [2.45, 2.75) is 45.6 Å². The minimum absolute atomic E-state index is 0.0850. The van der Waals surface area contributed by atoms with Crippen LogP contribution in [0.2, 0.25) is 0 Å². The summed E-state index contributed by atoms with van der Waals surface area (Å²) in [5.41, 5.74) is 4.51. The maximum absolute atomic E-state index is 12.2. The molecule has 0 aliphatic carbocycles. The summed E-state index contributed by atoms with van der Waals surface area (Å²) in [7, 11) is 0. The van der Waals surface area contributed by atoms with E-state index in [2.05, 4.69) is 48.9 Å². The number of amides is 1. The summed E-state index contributed by atoms with van der Waals surface area (Å²) in [6.45, 7) is 8.49. The molecule has 3 aromatic carbocycles. The summed E-state index contributed by atoms with van der Waals surface area (Å²) in [5, 5.41) is 2.97. The van der Waals surface area contributed by atoms with Gasteiger partial charge in [-0.1, -0.05) is 75.4 Å². The molecule has 0 radical (unpaired) electrons. The molecule has 5 nitrogen and oxygen atoms in total. The first-order valence-electron chi connectivity index (χ1n) is 12.6. The average molecular weight is 482 g/mol. The van der Waals surface area contributed by atoms with Gasteiger partial charge in [0.2, 0.25) is 5.91 Å². The molecule has 0 fully saturated rings. The highest BCUT2D eigenvalue weighted by atomic mass is 16.5. The van der Waals surface area contributed by atoms with Gasteiger partial charge in [0.05, 0.1) is 17.6 Å². The van der Waals surface area contributed by atoms with Crippen molar-refractivity contribution in [2.24, 2.45) is 0 Å². The number of nitrogens with one attached hydrogen (secondary N) is 1. The second kappa shape index (κ2) is 11.7. The number of carbonyl (C=O) groups is 1. The molecule has 0 saturated carbocycles. The molecular weight excluding hydrogens is 446 g/mol. The number of para-hydroxylation sites is 2. The molecule has 0 aliphatic heterocycles. The van der Waals surface area contributed by atoms with E-state index in [4.69, 9.17) is 9.72 Å². The molecule has 0 saturated heterocycles. The van der Waals surface area contributed by atoms with Crippen LogP contribution in [0.15, 0.2) is 84.9 Å². The van der Waals surface area contributed by atoms with E-state index in [9.17, 15) is 4.79 Å². The second-order valence-corrected chi connectivity index (χ2v) is 9.93. The third-order valence-corrected chi connectivity index (χ3v) is 6.14. The first kappa shape index (κ1) is 25.2. The minimum Gasteiger partial charge on any atom is -0.492 e. The van der Waals surface area contributed by atoms with Crippen molar-refractivity contribution >= 4 is 23.0 Å². The van der Waals surface area contributed by atoms with Crippen LogP contribution in [0.3, 0.4) is 0 Å². The molecule has 1 heterocycles. The van der Waals surface area contributed by atoms with E-state index in [1.165, 1.54) is 5.56 Å². The lowest BCUT2D eigenvalue weighted by Gasteiger charge is -2.19. The monoisotopic (exact) mass is 481 g/mol. The normalized spacial score (nSPS) is 11.8. The van der Waals surface area contributed by atoms with Crippen LogP contribution in [0.1, 0.15) is 44.1 Å². The highest BCUT2D eigenvalue weighted by Crippen LogP contribution is 2.24. The van der Waals surface area contributed by atoms with Crippen molar-refractivity contribution in [3.8, 4) is 5.75 Å². The Balaban J connectivity index is 1.32. The molecule has 5 heteroatoms. The van der Waals surface area contributed by atoms with Crippen LogP contribution in [0.5, 0.6) is 5.75 Å². The molecule has 0 bridgehead atoms. The number of aryl methyl sites for hydroxylation is 1. The summed E-state index contributed by atoms with van der Waals surface area (Å²) in [6, 6.07) is 26.4. The number of carbonyl (C=O) groups excluding carboxylic acids is 1. The van der Waals surface area contributed by atoms with E-state index in [1.807, 2.05) is 66.7 Å². The lowest BCUT2D eigenvalue weighted by Crippen LogP contribution is -2.23. The zero-order chi connectivity index (χ0) is 25.4. The summed E-state index contributed by atoms with van der Waals surface area (Å²) in [4.78, 5) is 17.0. The van der Waals surface area contributed by atoms with Crippen LogP contribution >= 0.6 is 0 Å². The van der Waals surface area contributed by atoms with Gasteiger partial charge >= 0.3 is 0 Å². The maximum Gasteiger partial charge on any atom is 0.243 e. The van der Waals surface area contributed by atoms with Crippen LogP contribution in [0.4, 0.5) is 0 Å². The van der Waals surface area contributed by atoms with Crippen molar-refractivity contribution in [3.05, 3.63) is 102 Å². The average Bonchev–Trinajstić information content (AvgIpc) is 3.23. The fourth-order valence-electron chi connectivity index (χ4n) is 4.12. The molecule has 0 aliphatic rings. The first-order chi connectivity index (χ1) is 17.4. The summed E-state index contributed by atoms with van der Waals surface area (Å²) < 4.78 is 8.29. The van der Waals surface area contributed by atoms with E-state index < -0.39 is 0 Å². The van der Waals surface area contributed by atoms with Gasteiger partial charge in [-0.25, -0.2) is 4.98 Å². The van der Waals surface area contributed by atoms with Gasteiger partial charge in [0.15, 0.2) is 0 Å². The van der Waals surface area contributed by atoms with E-state index in [0.717, 1.165) is 41.0 Å². The predicted octanol–water partition coefficient (Wildman–Crippen LogP) is 6.18. The second-order valence-electron chi connectivity index (χ2n) is 9.93. The third kappa shape index (κ3) is 6.85. The Bertz CT molecular complexity index is 1300. The van der Waals surface area contributed by atoms with Crippen molar-refractivity contribution in [1.29, 1.82) is 0 Å². The number of ether oxygens (including phenoxy) is 1.